The summed E-state index contributed by atoms with van der Waals surface area (Å²) in [7, 11) is 0. The first-order valence-electron chi connectivity index (χ1n) is 5.94. The largest absolute Gasteiger partial charge is 0.465 e. The van der Waals surface area contributed by atoms with Gasteiger partial charge in [-0.25, -0.2) is 4.79 Å². The van der Waals surface area contributed by atoms with E-state index >= 15 is 0 Å². The van der Waals surface area contributed by atoms with E-state index in [4.69, 9.17) is 5.73 Å². The Bertz CT molecular complexity index is 679. The molecule has 1 saturated heterocycles. The van der Waals surface area contributed by atoms with Gasteiger partial charge in [-0.05, 0) is 6.07 Å². The molecular weight excluding hydrogens is 246 g/mol. The molecule has 1 aliphatic heterocycles. The minimum atomic E-state index is -1.24. The quantitative estimate of drug-likeness (QED) is 0.756. The zero-order chi connectivity index (χ0) is 13.6. The SMILES string of the molecule is NC(=O)C1(c2c[nH]c3ccccc23)CCN1C(=O)O. The van der Waals surface area contributed by atoms with Crippen molar-refractivity contribution in [2.24, 2.45) is 5.73 Å². The lowest BCUT2D eigenvalue weighted by atomic mass is 9.77. The lowest BCUT2D eigenvalue weighted by Gasteiger charge is -2.48. The van der Waals surface area contributed by atoms with Gasteiger partial charge in [0.25, 0.3) is 0 Å². The summed E-state index contributed by atoms with van der Waals surface area (Å²) in [4.78, 5) is 27.3. The number of hydrogen-bond acceptors (Lipinski definition) is 2. The van der Waals surface area contributed by atoms with Crippen LogP contribution in [-0.2, 0) is 10.3 Å². The molecule has 0 spiro atoms. The molecule has 0 aliphatic carbocycles. The number of hydrogen-bond donors (Lipinski definition) is 3. The maximum atomic E-state index is 11.9. The maximum Gasteiger partial charge on any atom is 0.408 e. The predicted molar refractivity (Wildman–Crippen MR) is 68.5 cm³/mol. The average molecular weight is 259 g/mol. The number of H-pyrrole nitrogens is 1. The normalized spacial score (nSPS) is 22.2. The van der Waals surface area contributed by atoms with Crippen molar-refractivity contribution in [2.45, 2.75) is 12.0 Å². The van der Waals surface area contributed by atoms with Crippen LogP contribution in [0.15, 0.2) is 30.5 Å². The van der Waals surface area contributed by atoms with Gasteiger partial charge in [-0.3, -0.25) is 9.69 Å². The third-order valence-corrected chi connectivity index (χ3v) is 3.83. The second-order valence-electron chi connectivity index (χ2n) is 4.66. The molecule has 19 heavy (non-hydrogen) atoms. The van der Waals surface area contributed by atoms with Crippen molar-refractivity contribution in [3.05, 3.63) is 36.0 Å². The van der Waals surface area contributed by atoms with Crippen LogP contribution in [0.5, 0.6) is 0 Å². The van der Waals surface area contributed by atoms with Crippen molar-refractivity contribution in [3.8, 4) is 0 Å². The minimum absolute atomic E-state index is 0.317. The highest BCUT2D eigenvalue weighted by molar-refractivity contribution is 5.97. The first kappa shape index (κ1) is 11.6. The Morgan fingerprint density at radius 1 is 1.37 bits per heavy atom. The number of carbonyl (C=O) groups excluding carboxylic acids is 1. The van der Waals surface area contributed by atoms with E-state index in [-0.39, 0.29) is 0 Å². The van der Waals surface area contributed by atoms with Gasteiger partial charge >= 0.3 is 6.09 Å². The number of fused-ring (bicyclic) bond motifs is 1. The van der Waals surface area contributed by atoms with E-state index in [1.54, 1.807) is 6.20 Å². The highest BCUT2D eigenvalue weighted by Gasteiger charge is 2.55. The average Bonchev–Trinajstić information content (AvgIpc) is 2.72. The second-order valence-corrected chi connectivity index (χ2v) is 4.66. The molecule has 1 aromatic carbocycles. The Morgan fingerprint density at radius 3 is 2.68 bits per heavy atom. The molecule has 2 heterocycles. The van der Waals surface area contributed by atoms with E-state index < -0.39 is 17.5 Å². The van der Waals surface area contributed by atoms with Crippen LogP contribution in [0.4, 0.5) is 4.79 Å². The molecule has 6 nitrogen and oxygen atoms in total. The topological polar surface area (TPSA) is 99.4 Å². The summed E-state index contributed by atoms with van der Waals surface area (Å²) < 4.78 is 0. The summed E-state index contributed by atoms with van der Waals surface area (Å²) in [5.74, 6) is -0.633. The Morgan fingerprint density at radius 2 is 2.11 bits per heavy atom. The van der Waals surface area contributed by atoms with Crippen molar-refractivity contribution in [3.63, 3.8) is 0 Å². The molecule has 1 aromatic heterocycles. The molecule has 1 unspecified atom stereocenters. The van der Waals surface area contributed by atoms with Gasteiger partial charge in [-0.2, -0.15) is 0 Å². The fourth-order valence-electron chi connectivity index (χ4n) is 2.79. The van der Waals surface area contributed by atoms with Crippen molar-refractivity contribution in [1.82, 2.24) is 9.88 Å². The Kier molecular flexibility index (Phi) is 2.28. The van der Waals surface area contributed by atoms with Crippen LogP contribution in [0.1, 0.15) is 12.0 Å². The number of carboxylic acid groups (broad SMARTS) is 1. The van der Waals surface area contributed by atoms with E-state index in [1.165, 1.54) is 0 Å². The number of aromatic nitrogens is 1. The Balaban J connectivity index is 2.22. The number of nitrogens with one attached hydrogen (secondary N) is 1. The molecule has 2 amide bonds. The zero-order valence-corrected chi connectivity index (χ0v) is 10.1. The van der Waals surface area contributed by atoms with E-state index in [0.29, 0.717) is 18.5 Å². The summed E-state index contributed by atoms with van der Waals surface area (Å²) in [6.07, 6.45) is 0.955. The first-order chi connectivity index (χ1) is 9.07. The smallest absolute Gasteiger partial charge is 0.408 e. The van der Waals surface area contributed by atoms with E-state index in [9.17, 15) is 14.7 Å². The van der Waals surface area contributed by atoms with Crippen LogP contribution < -0.4 is 5.73 Å². The second kappa shape index (κ2) is 3.74. The van der Waals surface area contributed by atoms with Crippen molar-refractivity contribution < 1.29 is 14.7 Å². The van der Waals surface area contributed by atoms with Gasteiger partial charge in [0.15, 0.2) is 5.54 Å². The molecule has 4 N–H and O–H groups in total. The molecule has 0 radical (unpaired) electrons. The van der Waals surface area contributed by atoms with E-state index in [0.717, 1.165) is 15.8 Å². The molecule has 2 aromatic rings. The highest BCUT2D eigenvalue weighted by atomic mass is 16.4. The van der Waals surface area contributed by atoms with Crippen molar-refractivity contribution in [2.75, 3.05) is 6.54 Å². The Labute approximate surface area is 108 Å². The van der Waals surface area contributed by atoms with Gasteiger partial charge in [-0.15, -0.1) is 0 Å². The molecule has 1 atom stereocenters. The fourth-order valence-corrected chi connectivity index (χ4v) is 2.79. The number of nitrogens with two attached hydrogens (primary N) is 1. The standard InChI is InChI=1S/C13H13N3O3/c14-11(17)13(5-6-16(13)12(18)19)9-7-15-10-4-2-1-3-8(9)10/h1-4,7,15H,5-6H2,(H2,14,17)(H,18,19). The summed E-state index contributed by atoms with van der Waals surface area (Å²) in [5.41, 5.74) is 5.73. The number of likely N-dealkylation sites (tertiary alicyclic amines) is 1. The van der Waals surface area contributed by atoms with Crippen LogP contribution >= 0.6 is 0 Å². The van der Waals surface area contributed by atoms with E-state index in [2.05, 4.69) is 4.98 Å². The Hall–Kier alpha value is -2.50. The van der Waals surface area contributed by atoms with Gasteiger partial charge in [0.1, 0.15) is 0 Å². The lowest BCUT2D eigenvalue weighted by Crippen LogP contribution is -2.65. The van der Waals surface area contributed by atoms with Gasteiger partial charge in [0.05, 0.1) is 0 Å². The number of primary amides is 1. The summed E-state index contributed by atoms with van der Waals surface area (Å²) in [6, 6.07) is 7.44. The molecule has 0 saturated carbocycles. The van der Waals surface area contributed by atoms with Crippen LogP contribution in [0.25, 0.3) is 10.9 Å². The molecule has 3 rings (SSSR count). The highest BCUT2D eigenvalue weighted by Crippen LogP contribution is 2.43. The molecule has 0 bridgehead atoms. The van der Waals surface area contributed by atoms with Crippen LogP contribution in [0, 0.1) is 0 Å². The molecule has 1 fully saturated rings. The zero-order valence-electron chi connectivity index (χ0n) is 10.1. The molecule has 6 heteroatoms. The number of para-hydroxylation sites is 1. The minimum Gasteiger partial charge on any atom is -0.465 e. The number of rotatable bonds is 2. The monoisotopic (exact) mass is 259 g/mol. The van der Waals surface area contributed by atoms with Gasteiger partial charge in [-0.1, -0.05) is 18.2 Å². The predicted octanol–water partition coefficient (Wildman–Crippen LogP) is 1.23. The third-order valence-electron chi connectivity index (χ3n) is 3.83. The number of aromatic amines is 1. The summed E-state index contributed by atoms with van der Waals surface area (Å²) in [5, 5.41) is 10.0. The molecule has 1 aliphatic rings. The van der Waals surface area contributed by atoms with Crippen molar-refractivity contribution >= 4 is 22.9 Å². The van der Waals surface area contributed by atoms with Crippen LogP contribution in [0.2, 0.25) is 0 Å². The van der Waals surface area contributed by atoms with Gasteiger partial charge in [0.2, 0.25) is 5.91 Å². The molecular formula is C13H13N3O3. The van der Waals surface area contributed by atoms with Gasteiger partial charge < -0.3 is 15.8 Å². The van der Waals surface area contributed by atoms with Crippen molar-refractivity contribution in [1.29, 1.82) is 0 Å². The van der Waals surface area contributed by atoms with Gasteiger partial charge in [0, 0.05) is 35.6 Å². The lowest BCUT2D eigenvalue weighted by molar-refractivity contribution is -0.137. The number of amides is 2. The van der Waals surface area contributed by atoms with Crippen LogP contribution in [0.3, 0.4) is 0 Å². The first-order valence-corrected chi connectivity index (χ1v) is 5.94. The number of benzene rings is 1. The fraction of sp³-hybridized carbons (Fsp3) is 0.231. The summed E-state index contributed by atoms with van der Waals surface area (Å²) in [6.45, 7) is 0.317. The summed E-state index contributed by atoms with van der Waals surface area (Å²) >= 11 is 0. The van der Waals surface area contributed by atoms with E-state index in [1.807, 2.05) is 24.3 Å². The van der Waals surface area contributed by atoms with Crippen LogP contribution in [-0.4, -0.2) is 33.5 Å². The number of carbonyl (C=O) groups is 2. The maximum absolute atomic E-state index is 11.9. The number of nitrogens with zero attached hydrogens (tertiary/aromatic N) is 1. The third kappa shape index (κ3) is 1.36. The molecule has 98 valence electrons.